The summed E-state index contributed by atoms with van der Waals surface area (Å²) in [4.78, 5) is 0. The number of halogens is 8. The molecule has 0 atom stereocenters. The Morgan fingerprint density at radius 1 is 0.409 bits per heavy atom. The standard InChI is InChI=1S/C12H8I8P2/c13-21(14,15,16)11-5-1-9(2-6-11)10-3-7-12(8-4-10)22(17,18,19)20/h1-8H. The van der Waals surface area contributed by atoms with E-state index in [2.05, 4.69) is 225 Å². The average molecular weight is 1230 g/mol. The van der Waals surface area contributed by atoms with Crippen molar-refractivity contribution in [2.75, 3.05) is 0 Å². The number of benzene rings is 2. The van der Waals surface area contributed by atoms with Gasteiger partial charge in [-0.05, 0) is 0 Å². The van der Waals surface area contributed by atoms with Crippen LogP contribution in [0.25, 0.3) is 11.1 Å². The first-order valence-electron chi connectivity index (χ1n) is 5.69. The summed E-state index contributed by atoms with van der Waals surface area (Å²) in [6, 6.07) is 18.1. The molecular weight excluding hydrogens is 1220 g/mol. The molecule has 0 aliphatic rings. The molecular formula is C12H8I8P2. The molecule has 0 fully saturated rings. The van der Waals surface area contributed by atoms with Crippen LogP contribution in [0.5, 0.6) is 0 Å². The Kier molecular flexibility index (Phi) is 8.63. The van der Waals surface area contributed by atoms with Gasteiger partial charge >= 0.3 is 241 Å². The molecule has 22 heavy (non-hydrogen) atoms. The van der Waals surface area contributed by atoms with Crippen molar-refractivity contribution in [3.05, 3.63) is 48.5 Å². The SMILES string of the molecule is IP(I)(I)(I)c1ccc(-c2ccc(P(I)(I)(I)I)cc2)cc1. The molecule has 2 aromatic carbocycles. The summed E-state index contributed by atoms with van der Waals surface area (Å²) in [5, 5.41) is 2.88. The van der Waals surface area contributed by atoms with Gasteiger partial charge in [0.15, 0.2) is 0 Å². The van der Waals surface area contributed by atoms with Gasteiger partial charge in [-0.1, -0.05) is 0 Å². The zero-order chi connectivity index (χ0) is 16.9. The van der Waals surface area contributed by atoms with Crippen molar-refractivity contribution in [2.45, 2.75) is 0 Å². The fourth-order valence-electron chi connectivity index (χ4n) is 1.76. The summed E-state index contributed by atoms with van der Waals surface area (Å²) in [5.41, 5.74) is 2.58. The minimum atomic E-state index is -1.79. The van der Waals surface area contributed by atoms with Crippen LogP contribution in [-0.4, -0.2) is 0 Å². The van der Waals surface area contributed by atoms with E-state index in [1.165, 1.54) is 21.7 Å². The van der Waals surface area contributed by atoms with Crippen LogP contribution >= 0.6 is 171 Å². The average Bonchev–Trinajstić information content (AvgIpc) is 2.35. The molecule has 0 aliphatic heterocycles. The number of rotatable bonds is 3. The molecule has 0 aromatic heterocycles. The second-order valence-corrected chi connectivity index (χ2v) is 121. The molecule has 0 amide bonds. The van der Waals surface area contributed by atoms with Crippen LogP contribution in [-0.2, 0) is 0 Å². The third-order valence-corrected chi connectivity index (χ3v) is 18.4. The molecule has 10 heteroatoms. The van der Waals surface area contributed by atoms with Gasteiger partial charge in [0, 0.05) is 0 Å². The fourth-order valence-corrected chi connectivity index (χ4v) is 10.7. The summed E-state index contributed by atoms with van der Waals surface area (Å²) >= 11 is 20.9. The molecule has 2 rings (SSSR count). The molecule has 0 bridgehead atoms. The Morgan fingerprint density at radius 2 is 0.636 bits per heavy atom. The van der Waals surface area contributed by atoms with E-state index in [9.17, 15) is 0 Å². The molecule has 122 valence electrons. The fraction of sp³-hybridized carbons (Fsp3) is 0. The van der Waals surface area contributed by atoms with Gasteiger partial charge in [-0.25, -0.2) is 0 Å². The third kappa shape index (κ3) is 7.19. The monoisotopic (exact) mass is 1230 g/mol. The predicted octanol–water partition coefficient (Wildman–Crippen LogP) is 10.5. The van der Waals surface area contributed by atoms with Gasteiger partial charge in [0.05, 0.1) is 0 Å². The normalized spacial score (nSPS) is 16.4. The van der Waals surface area contributed by atoms with Crippen molar-refractivity contribution in [3.8, 4) is 11.1 Å². The summed E-state index contributed by atoms with van der Waals surface area (Å²) in [6.45, 7) is 0. The topological polar surface area (TPSA) is 0 Å². The van der Waals surface area contributed by atoms with E-state index in [4.69, 9.17) is 0 Å². The van der Waals surface area contributed by atoms with E-state index in [1.54, 1.807) is 0 Å². The van der Waals surface area contributed by atoms with E-state index < -0.39 is -5.65 Å². The van der Waals surface area contributed by atoms with E-state index in [0.29, 0.717) is 0 Å². The third-order valence-electron chi connectivity index (χ3n) is 2.85. The molecule has 0 saturated carbocycles. The van der Waals surface area contributed by atoms with Crippen molar-refractivity contribution in [3.63, 3.8) is 0 Å². The molecule has 0 spiro atoms. The molecule has 2 aromatic rings. The van der Waals surface area contributed by atoms with Crippen LogP contribution < -0.4 is 10.6 Å². The van der Waals surface area contributed by atoms with Gasteiger partial charge in [-0.15, -0.1) is 0 Å². The second-order valence-electron chi connectivity index (χ2n) is 4.54. The Labute approximate surface area is 235 Å². The first kappa shape index (κ1) is 23.4. The molecule has 0 N–H and O–H groups in total. The molecule has 0 radical (unpaired) electrons. The van der Waals surface area contributed by atoms with Crippen LogP contribution in [0.4, 0.5) is 0 Å². The first-order chi connectivity index (χ1) is 9.69. The Bertz CT molecular complexity index is 612. The second kappa shape index (κ2) is 8.11. The van der Waals surface area contributed by atoms with Crippen LogP contribution in [0.3, 0.4) is 0 Å². The molecule has 0 heterocycles. The van der Waals surface area contributed by atoms with Gasteiger partial charge in [0.25, 0.3) is 0 Å². The van der Waals surface area contributed by atoms with Gasteiger partial charge in [0.2, 0.25) is 0 Å². The van der Waals surface area contributed by atoms with E-state index in [-0.39, 0.29) is 0 Å². The maximum atomic E-state index is 2.61. The Morgan fingerprint density at radius 3 is 0.818 bits per heavy atom. The van der Waals surface area contributed by atoms with Crippen molar-refractivity contribution in [2.24, 2.45) is 0 Å². The van der Waals surface area contributed by atoms with Crippen molar-refractivity contribution >= 4 is 181 Å². The zero-order valence-corrected chi connectivity index (χ0v) is 29.6. The van der Waals surface area contributed by atoms with Gasteiger partial charge < -0.3 is 0 Å². The summed E-state index contributed by atoms with van der Waals surface area (Å²) < 4.78 is -3.57. The van der Waals surface area contributed by atoms with Gasteiger partial charge in [-0.3, -0.25) is 0 Å². The number of hydrogen-bond donors (Lipinski definition) is 0. The number of hydrogen-bond acceptors (Lipinski definition) is 0. The predicted molar refractivity (Wildman–Crippen MR) is 177 cm³/mol. The van der Waals surface area contributed by atoms with E-state index in [1.807, 2.05) is 0 Å². The van der Waals surface area contributed by atoms with E-state index >= 15 is 0 Å². The molecule has 0 unspecified atom stereocenters. The first-order valence-corrected chi connectivity index (χ1v) is 32.4. The van der Waals surface area contributed by atoms with Gasteiger partial charge in [0.1, 0.15) is 0 Å². The quantitative estimate of drug-likeness (QED) is 0.212. The molecule has 0 saturated heterocycles. The molecule has 0 aliphatic carbocycles. The Hall–Kier alpha value is 5.14. The van der Waals surface area contributed by atoms with Crippen LogP contribution in [0.15, 0.2) is 48.5 Å². The van der Waals surface area contributed by atoms with Gasteiger partial charge in [-0.2, -0.15) is 0 Å². The molecule has 0 nitrogen and oxygen atoms in total. The Balaban J connectivity index is 2.35. The summed E-state index contributed by atoms with van der Waals surface area (Å²) in [7, 11) is 0. The van der Waals surface area contributed by atoms with Crippen molar-refractivity contribution < 1.29 is 0 Å². The summed E-state index contributed by atoms with van der Waals surface area (Å²) in [6.07, 6.45) is 0. The van der Waals surface area contributed by atoms with Crippen molar-refractivity contribution in [1.82, 2.24) is 0 Å². The van der Waals surface area contributed by atoms with Crippen molar-refractivity contribution in [1.29, 1.82) is 0 Å². The van der Waals surface area contributed by atoms with Crippen LogP contribution in [0.1, 0.15) is 0 Å². The zero-order valence-electron chi connectivity index (χ0n) is 10.5. The van der Waals surface area contributed by atoms with Crippen LogP contribution in [0, 0.1) is 0 Å². The maximum absolute atomic E-state index is 2.61. The van der Waals surface area contributed by atoms with Crippen LogP contribution in [0.2, 0.25) is 0 Å². The minimum absolute atomic E-state index is 1.29. The summed E-state index contributed by atoms with van der Waals surface area (Å²) in [5.74, 6) is 0. The van der Waals surface area contributed by atoms with E-state index in [0.717, 1.165) is 0 Å².